The topological polar surface area (TPSA) is 67.4 Å². The number of hydrogen-bond acceptors (Lipinski definition) is 3. The second-order valence-corrected chi connectivity index (χ2v) is 4.56. The number of benzene rings is 1. The summed E-state index contributed by atoms with van der Waals surface area (Å²) in [6.07, 6.45) is -0.0156. The first-order valence-electron chi connectivity index (χ1n) is 5.98. The summed E-state index contributed by atoms with van der Waals surface area (Å²) in [6.45, 7) is 3.76. The second-order valence-electron chi connectivity index (χ2n) is 4.15. The molecule has 2 N–H and O–H groups in total. The van der Waals surface area contributed by atoms with Crippen molar-refractivity contribution in [3.05, 3.63) is 29.3 Å². The summed E-state index contributed by atoms with van der Waals surface area (Å²) >= 11 is 5.89. The van der Waals surface area contributed by atoms with E-state index in [4.69, 9.17) is 16.3 Å². The Morgan fingerprint density at radius 2 is 2.00 bits per heavy atom. The SMILES string of the molecule is CC(C)OC(=O)CCNC(=O)Nc1ccccc1Cl. The van der Waals surface area contributed by atoms with Crippen molar-refractivity contribution in [3.8, 4) is 0 Å². The van der Waals surface area contributed by atoms with Crippen LogP contribution in [0.4, 0.5) is 10.5 Å². The zero-order valence-corrected chi connectivity index (χ0v) is 11.7. The summed E-state index contributed by atoms with van der Waals surface area (Å²) in [5.41, 5.74) is 0.520. The van der Waals surface area contributed by atoms with E-state index in [1.165, 1.54) is 0 Å². The lowest BCUT2D eigenvalue weighted by molar-refractivity contribution is -0.147. The van der Waals surface area contributed by atoms with Crippen molar-refractivity contribution in [2.45, 2.75) is 26.4 Å². The van der Waals surface area contributed by atoms with Crippen LogP contribution in [0, 0.1) is 0 Å². The molecule has 0 saturated heterocycles. The zero-order valence-electron chi connectivity index (χ0n) is 10.9. The Kier molecular flexibility index (Phi) is 6.15. The van der Waals surface area contributed by atoms with Gasteiger partial charge in [-0.25, -0.2) is 4.79 Å². The Bertz CT molecular complexity index is 449. The van der Waals surface area contributed by atoms with Gasteiger partial charge in [0.2, 0.25) is 0 Å². The van der Waals surface area contributed by atoms with Gasteiger partial charge in [-0.3, -0.25) is 4.79 Å². The minimum Gasteiger partial charge on any atom is -0.463 e. The molecule has 0 bridgehead atoms. The minimum atomic E-state index is -0.412. The molecule has 2 amide bonds. The van der Waals surface area contributed by atoms with Crippen LogP contribution in [0.3, 0.4) is 0 Å². The molecule has 0 saturated carbocycles. The van der Waals surface area contributed by atoms with E-state index in [1.54, 1.807) is 38.1 Å². The molecule has 0 fully saturated rings. The maximum atomic E-state index is 11.5. The van der Waals surface area contributed by atoms with Crippen LogP contribution in [0.25, 0.3) is 0 Å². The molecule has 0 aliphatic carbocycles. The molecule has 0 heterocycles. The highest BCUT2D eigenvalue weighted by molar-refractivity contribution is 6.33. The number of carbonyl (C=O) groups excluding carboxylic acids is 2. The van der Waals surface area contributed by atoms with Crippen LogP contribution in [0.5, 0.6) is 0 Å². The van der Waals surface area contributed by atoms with E-state index in [-0.39, 0.29) is 25.0 Å². The minimum absolute atomic E-state index is 0.133. The third kappa shape index (κ3) is 6.10. The van der Waals surface area contributed by atoms with Gasteiger partial charge in [-0.1, -0.05) is 23.7 Å². The average Bonchev–Trinajstić information content (AvgIpc) is 2.31. The van der Waals surface area contributed by atoms with Crippen molar-refractivity contribution < 1.29 is 14.3 Å². The smallest absolute Gasteiger partial charge is 0.319 e. The Morgan fingerprint density at radius 3 is 2.63 bits per heavy atom. The lowest BCUT2D eigenvalue weighted by atomic mass is 10.3. The van der Waals surface area contributed by atoms with Crippen LogP contribution < -0.4 is 10.6 Å². The number of para-hydroxylation sites is 1. The van der Waals surface area contributed by atoms with E-state index in [9.17, 15) is 9.59 Å². The largest absolute Gasteiger partial charge is 0.463 e. The summed E-state index contributed by atoms with van der Waals surface area (Å²) in [5.74, 6) is -0.340. The Hall–Kier alpha value is -1.75. The number of urea groups is 1. The number of carbonyl (C=O) groups is 2. The Labute approximate surface area is 117 Å². The highest BCUT2D eigenvalue weighted by atomic mass is 35.5. The Morgan fingerprint density at radius 1 is 1.32 bits per heavy atom. The number of rotatable bonds is 5. The summed E-state index contributed by atoms with van der Waals surface area (Å²) in [6, 6.07) is 6.49. The molecule has 6 heteroatoms. The second kappa shape index (κ2) is 7.63. The van der Waals surface area contributed by atoms with E-state index in [2.05, 4.69) is 10.6 Å². The number of ether oxygens (including phenoxy) is 1. The molecule has 0 aliphatic heterocycles. The number of anilines is 1. The van der Waals surface area contributed by atoms with Crippen molar-refractivity contribution in [2.75, 3.05) is 11.9 Å². The van der Waals surface area contributed by atoms with Crippen LogP contribution >= 0.6 is 11.6 Å². The zero-order chi connectivity index (χ0) is 14.3. The third-order valence-electron chi connectivity index (χ3n) is 2.10. The van der Waals surface area contributed by atoms with Crippen LogP contribution in [0.1, 0.15) is 20.3 Å². The van der Waals surface area contributed by atoms with Gasteiger partial charge in [0.15, 0.2) is 0 Å². The van der Waals surface area contributed by atoms with Crippen molar-refractivity contribution in [3.63, 3.8) is 0 Å². The molecule has 0 spiro atoms. The van der Waals surface area contributed by atoms with E-state index in [0.717, 1.165) is 0 Å². The maximum absolute atomic E-state index is 11.5. The number of halogens is 1. The highest BCUT2D eigenvalue weighted by Gasteiger charge is 2.07. The number of nitrogens with one attached hydrogen (secondary N) is 2. The molecule has 1 rings (SSSR count). The fourth-order valence-corrected chi connectivity index (χ4v) is 1.51. The van der Waals surface area contributed by atoms with Crippen molar-refractivity contribution in [1.29, 1.82) is 0 Å². The monoisotopic (exact) mass is 284 g/mol. The Balaban J connectivity index is 2.29. The highest BCUT2D eigenvalue weighted by Crippen LogP contribution is 2.19. The van der Waals surface area contributed by atoms with Crippen molar-refractivity contribution in [2.24, 2.45) is 0 Å². The van der Waals surface area contributed by atoms with Crippen molar-refractivity contribution in [1.82, 2.24) is 5.32 Å². The van der Waals surface area contributed by atoms with E-state index >= 15 is 0 Å². The van der Waals surface area contributed by atoms with Crippen molar-refractivity contribution >= 4 is 29.3 Å². The molecular formula is C13H17ClN2O3. The quantitative estimate of drug-likeness (QED) is 0.817. The van der Waals surface area contributed by atoms with Gasteiger partial charge in [0.25, 0.3) is 0 Å². The lowest BCUT2D eigenvalue weighted by Gasteiger charge is -2.10. The standard InChI is InChI=1S/C13H17ClN2O3/c1-9(2)19-12(17)7-8-15-13(18)16-11-6-4-3-5-10(11)14/h3-6,9H,7-8H2,1-2H3,(H2,15,16,18). The van der Waals surface area contributed by atoms with Gasteiger partial charge in [-0.15, -0.1) is 0 Å². The summed E-state index contributed by atoms with van der Waals surface area (Å²) in [4.78, 5) is 22.8. The lowest BCUT2D eigenvalue weighted by Crippen LogP contribution is -2.31. The number of esters is 1. The average molecular weight is 285 g/mol. The van der Waals surface area contributed by atoms with Gasteiger partial charge >= 0.3 is 12.0 Å². The summed E-state index contributed by atoms with van der Waals surface area (Å²) in [5, 5.41) is 5.60. The van der Waals surface area contributed by atoms with Gasteiger partial charge in [-0.2, -0.15) is 0 Å². The third-order valence-corrected chi connectivity index (χ3v) is 2.43. The van der Waals surface area contributed by atoms with E-state index in [1.807, 2.05) is 0 Å². The molecule has 5 nitrogen and oxygen atoms in total. The van der Waals surface area contributed by atoms with Gasteiger partial charge in [0, 0.05) is 6.54 Å². The molecule has 104 valence electrons. The molecule has 0 aliphatic rings. The van der Waals surface area contributed by atoms with Crippen LogP contribution in [0.2, 0.25) is 5.02 Å². The van der Waals surface area contributed by atoms with Crippen LogP contribution in [-0.2, 0) is 9.53 Å². The normalized spacial score (nSPS) is 10.1. The molecule has 0 aromatic heterocycles. The summed E-state index contributed by atoms with van der Waals surface area (Å²) < 4.78 is 4.94. The molecule has 0 atom stereocenters. The first-order chi connectivity index (χ1) is 8.99. The first-order valence-corrected chi connectivity index (χ1v) is 6.35. The van der Waals surface area contributed by atoms with Crippen LogP contribution in [-0.4, -0.2) is 24.6 Å². The molecule has 0 radical (unpaired) electrons. The molecular weight excluding hydrogens is 268 g/mol. The number of hydrogen-bond donors (Lipinski definition) is 2. The summed E-state index contributed by atoms with van der Waals surface area (Å²) in [7, 11) is 0. The van der Waals surface area contributed by atoms with E-state index < -0.39 is 6.03 Å². The molecule has 19 heavy (non-hydrogen) atoms. The predicted molar refractivity (Wildman–Crippen MR) is 74.3 cm³/mol. The van der Waals surface area contributed by atoms with Gasteiger partial charge in [0.05, 0.1) is 23.2 Å². The molecule has 0 unspecified atom stereocenters. The van der Waals surface area contributed by atoms with Crippen LogP contribution in [0.15, 0.2) is 24.3 Å². The van der Waals surface area contributed by atoms with Gasteiger partial charge in [0.1, 0.15) is 0 Å². The predicted octanol–water partition coefficient (Wildman–Crippen LogP) is 2.80. The molecule has 1 aromatic rings. The number of amides is 2. The maximum Gasteiger partial charge on any atom is 0.319 e. The fourth-order valence-electron chi connectivity index (χ4n) is 1.33. The first kappa shape index (κ1) is 15.3. The van der Waals surface area contributed by atoms with E-state index in [0.29, 0.717) is 10.7 Å². The van der Waals surface area contributed by atoms with Gasteiger partial charge < -0.3 is 15.4 Å². The van der Waals surface area contributed by atoms with Gasteiger partial charge in [-0.05, 0) is 26.0 Å². The fraction of sp³-hybridized carbons (Fsp3) is 0.385. The molecule has 1 aromatic carbocycles.